The molecule has 7 heteroatoms. The van der Waals surface area contributed by atoms with Crippen molar-refractivity contribution >= 4 is 34.8 Å². The molecule has 0 amide bonds. The summed E-state index contributed by atoms with van der Waals surface area (Å²) in [5.74, 6) is 0.600. The highest BCUT2D eigenvalue weighted by Gasteiger charge is 2.48. The highest BCUT2D eigenvalue weighted by molar-refractivity contribution is 6.37. The Labute approximate surface area is 226 Å². The number of carbonyl (C=O) groups is 2. The molecule has 1 aliphatic heterocycles. The molecular weight excluding hydrogens is 514 g/mol. The zero-order valence-electron chi connectivity index (χ0n) is 21.3. The maximum absolute atomic E-state index is 13.5. The van der Waals surface area contributed by atoms with Crippen LogP contribution in [0.3, 0.4) is 0 Å². The van der Waals surface area contributed by atoms with Crippen LogP contribution >= 0.6 is 23.2 Å². The van der Waals surface area contributed by atoms with Crippen LogP contribution in [-0.4, -0.2) is 11.6 Å². The first-order chi connectivity index (χ1) is 17.3. The molecule has 194 valence electrons. The van der Waals surface area contributed by atoms with Crippen LogP contribution in [0.25, 0.3) is 0 Å². The van der Waals surface area contributed by atoms with Crippen molar-refractivity contribution in [3.8, 4) is 5.75 Å². The Morgan fingerprint density at radius 1 is 0.865 bits per heavy atom. The molecule has 0 fully saturated rings. The molecule has 0 aromatic heterocycles. The second-order valence-electron chi connectivity index (χ2n) is 11.8. The van der Waals surface area contributed by atoms with Crippen molar-refractivity contribution in [2.24, 2.45) is 10.8 Å². The third kappa shape index (κ3) is 5.08. The average molecular weight is 543 g/mol. The normalized spacial score (nSPS) is 20.9. The van der Waals surface area contributed by atoms with Crippen LogP contribution in [0.15, 0.2) is 59.1 Å². The third-order valence-electron chi connectivity index (χ3n) is 7.23. The van der Waals surface area contributed by atoms with E-state index in [1.54, 1.807) is 24.3 Å². The van der Waals surface area contributed by atoms with Gasteiger partial charge in [0.15, 0.2) is 17.3 Å². The summed E-state index contributed by atoms with van der Waals surface area (Å²) in [4.78, 5) is 26.9. The van der Waals surface area contributed by atoms with Crippen LogP contribution in [0, 0.1) is 16.6 Å². The minimum atomic E-state index is -0.591. The lowest BCUT2D eigenvalue weighted by atomic mass is 9.65. The van der Waals surface area contributed by atoms with Crippen LogP contribution in [-0.2, 0) is 20.9 Å². The molecule has 3 aliphatic rings. The molecule has 37 heavy (non-hydrogen) atoms. The lowest BCUT2D eigenvalue weighted by molar-refractivity contribution is -0.120. The summed E-state index contributed by atoms with van der Waals surface area (Å²) in [5, 5.41) is 0.542. The molecule has 0 N–H and O–H groups in total. The molecule has 5 rings (SSSR count). The van der Waals surface area contributed by atoms with Gasteiger partial charge in [-0.25, -0.2) is 4.39 Å². The van der Waals surface area contributed by atoms with E-state index >= 15 is 0 Å². The quantitative estimate of drug-likeness (QED) is 0.391. The summed E-state index contributed by atoms with van der Waals surface area (Å²) < 4.78 is 25.4. The number of benzene rings is 2. The number of halogens is 3. The van der Waals surface area contributed by atoms with Crippen molar-refractivity contribution < 1.29 is 23.5 Å². The van der Waals surface area contributed by atoms with E-state index in [9.17, 15) is 14.0 Å². The number of ketones is 2. The Bertz CT molecular complexity index is 1290. The Morgan fingerprint density at radius 3 is 1.84 bits per heavy atom. The smallest absolute Gasteiger partial charge is 0.163 e. The first-order valence-corrected chi connectivity index (χ1v) is 13.2. The van der Waals surface area contributed by atoms with E-state index < -0.39 is 5.92 Å². The molecule has 2 aliphatic carbocycles. The lowest BCUT2D eigenvalue weighted by Gasteiger charge is -2.42. The molecule has 0 spiro atoms. The Balaban J connectivity index is 1.56. The van der Waals surface area contributed by atoms with E-state index in [4.69, 9.17) is 32.7 Å². The van der Waals surface area contributed by atoms with E-state index in [0.29, 0.717) is 59.7 Å². The maximum atomic E-state index is 13.5. The highest BCUT2D eigenvalue weighted by Crippen LogP contribution is 2.54. The van der Waals surface area contributed by atoms with Gasteiger partial charge >= 0.3 is 0 Å². The van der Waals surface area contributed by atoms with Crippen molar-refractivity contribution in [2.45, 2.75) is 65.9 Å². The fourth-order valence-electron chi connectivity index (χ4n) is 5.63. The summed E-state index contributed by atoms with van der Waals surface area (Å²) in [5.41, 5.74) is 2.00. The van der Waals surface area contributed by atoms with Gasteiger partial charge in [-0.15, -0.1) is 0 Å². The van der Waals surface area contributed by atoms with Crippen LogP contribution in [0.5, 0.6) is 5.75 Å². The number of rotatable bonds is 4. The molecule has 0 saturated carbocycles. The lowest BCUT2D eigenvalue weighted by Crippen LogP contribution is -2.37. The van der Waals surface area contributed by atoms with Crippen molar-refractivity contribution in [3.05, 3.63) is 86.1 Å². The molecule has 4 nitrogen and oxygen atoms in total. The molecular formula is C30H29Cl2FO4. The summed E-state index contributed by atoms with van der Waals surface area (Å²) >= 11 is 13.3. The highest BCUT2D eigenvalue weighted by atomic mass is 35.5. The molecule has 2 aromatic carbocycles. The number of Topliss-reactive ketones (excluding diaryl/α,β-unsaturated/α-hetero) is 2. The second kappa shape index (κ2) is 9.28. The van der Waals surface area contributed by atoms with Crippen LogP contribution < -0.4 is 4.74 Å². The first kappa shape index (κ1) is 26.0. The van der Waals surface area contributed by atoms with Crippen LogP contribution in [0.4, 0.5) is 4.39 Å². The van der Waals surface area contributed by atoms with Crippen molar-refractivity contribution in [3.63, 3.8) is 0 Å². The number of carbonyl (C=O) groups excluding carboxylic acids is 2. The van der Waals surface area contributed by atoms with E-state index in [1.807, 2.05) is 27.7 Å². The van der Waals surface area contributed by atoms with Gasteiger partial charge in [-0.05, 0) is 46.2 Å². The first-order valence-electron chi connectivity index (χ1n) is 12.4. The van der Waals surface area contributed by atoms with Gasteiger partial charge in [0.25, 0.3) is 0 Å². The Kier molecular flexibility index (Phi) is 6.52. The summed E-state index contributed by atoms with van der Waals surface area (Å²) in [6, 6.07) is 9.41. The Hall–Kier alpha value is -2.63. The zero-order valence-corrected chi connectivity index (χ0v) is 22.9. The summed E-state index contributed by atoms with van der Waals surface area (Å²) in [6.45, 7) is 8.35. The van der Waals surface area contributed by atoms with E-state index in [0.717, 1.165) is 5.56 Å². The van der Waals surface area contributed by atoms with Crippen LogP contribution in [0.2, 0.25) is 10.0 Å². The standard InChI is InChI=1S/C30H29Cl2FO4/c1-29(2)11-21(34)26-23(13-29)37-24-14-30(3,4)12-22(35)27(24)25(26)17-9-19(31)28(20(32)10-17)36-15-16-5-7-18(33)8-6-16/h5-10,25H,11-15H2,1-4H3. The van der Waals surface area contributed by atoms with Gasteiger partial charge in [-0.3, -0.25) is 9.59 Å². The van der Waals surface area contributed by atoms with Gasteiger partial charge in [-0.2, -0.15) is 0 Å². The number of hydrogen-bond donors (Lipinski definition) is 0. The fourth-order valence-corrected chi connectivity index (χ4v) is 6.24. The topological polar surface area (TPSA) is 52.6 Å². The fraction of sp³-hybridized carbons (Fsp3) is 0.400. The van der Waals surface area contributed by atoms with Gasteiger partial charge in [0.1, 0.15) is 23.9 Å². The number of hydrogen-bond acceptors (Lipinski definition) is 4. The molecule has 0 atom stereocenters. The molecule has 0 bridgehead atoms. The van der Waals surface area contributed by atoms with Gasteiger partial charge in [0.2, 0.25) is 0 Å². The minimum Gasteiger partial charge on any atom is -0.486 e. The largest absolute Gasteiger partial charge is 0.486 e. The molecule has 0 saturated heterocycles. The van der Waals surface area contributed by atoms with Crippen molar-refractivity contribution in [2.75, 3.05) is 0 Å². The maximum Gasteiger partial charge on any atom is 0.163 e. The number of allylic oxidation sites excluding steroid dienone is 4. The zero-order chi connectivity index (χ0) is 26.7. The monoisotopic (exact) mass is 542 g/mol. The number of ether oxygens (including phenoxy) is 2. The minimum absolute atomic E-state index is 0.0238. The van der Waals surface area contributed by atoms with E-state index in [-0.39, 0.29) is 44.9 Å². The average Bonchev–Trinajstić information content (AvgIpc) is 2.76. The third-order valence-corrected chi connectivity index (χ3v) is 7.79. The van der Waals surface area contributed by atoms with Gasteiger partial charge < -0.3 is 9.47 Å². The summed E-state index contributed by atoms with van der Waals surface area (Å²) in [7, 11) is 0. The Morgan fingerprint density at radius 2 is 1.35 bits per heavy atom. The van der Waals surface area contributed by atoms with Gasteiger partial charge in [-0.1, -0.05) is 63.0 Å². The molecule has 0 radical (unpaired) electrons. The van der Waals surface area contributed by atoms with Crippen LogP contribution in [0.1, 0.15) is 70.4 Å². The van der Waals surface area contributed by atoms with Gasteiger partial charge in [0, 0.05) is 42.7 Å². The predicted molar refractivity (Wildman–Crippen MR) is 141 cm³/mol. The van der Waals surface area contributed by atoms with Crippen molar-refractivity contribution in [1.29, 1.82) is 0 Å². The molecule has 0 unspecified atom stereocenters. The predicted octanol–water partition coefficient (Wildman–Crippen LogP) is 8.11. The van der Waals surface area contributed by atoms with Crippen molar-refractivity contribution in [1.82, 2.24) is 0 Å². The SMILES string of the molecule is CC1(C)CC(=O)C2=C(C1)OC1=C(C(=O)CC(C)(C)C1)C2c1cc(Cl)c(OCc2ccc(F)cc2)c(Cl)c1. The van der Waals surface area contributed by atoms with Gasteiger partial charge in [0.05, 0.1) is 10.0 Å². The molecule has 1 heterocycles. The second-order valence-corrected chi connectivity index (χ2v) is 12.6. The van der Waals surface area contributed by atoms with E-state index in [1.165, 1.54) is 12.1 Å². The summed E-state index contributed by atoms with van der Waals surface area (Å²) in [6.07, 6.45) is 1.95. The van der Waals surface area contributed by atoms with E-state index in [2.05, 4.69) is 0 Å². The molecule has 2 aromatic rings.